The minimum absolute atomic E-state index is 0.613. The molecule has 3 rings (SSSR count). The molecule has 0 saturated heterocycles. The van der Waals surface area contributed by atoms with E-state index in [0.717, 1.165) is 34.3 Å². The lowest BCUT2D eigenvalue weighted by atomic mass is 10.1. The number of para-hydroxylation sites is 2. The number of fused-ring (bicyclic) bond motifs is 1. The molecule has 5 nitrogen and oxygen atoms in total. The fraction of sp³-hybridized carbons (Fsp3) is 0.409. The van der Waals surface area contributed by atoms with E-state index in [1.54, 1.807) is 18.9 Å². The van der Waals surface area contributed by atoms with Crippen LogP contribution in [0, 0.1) is 6.92 Å². The third-order valence-electron chi connectivity index (χ3n) is 4.42. The Morgan fingerprint density at radius 2 is 1.69 bits per heavy atom. The predicted octanol–water partition coefficient (Wildman–Crippen LogP) is 4.94. The summed E-state index contributed by atoms with van der Waals surface area (Å²) in [5.74, 6) is 1.83. The van der Waals surface area contributed by atoms with Gasteiger partial charge in [0.1, 0.15) is 0 Å². The predicted molar refractivity (Wildman–Crippen MR) is 121 cm³/mol. The quantitative estimate of drug-likeness (QED) is 0.305. The van der Waals surface area contributed by atoms with Gasteiger partial charge in [0.15, 0.2) is 5.16 Å². The van der Waals surface area contributed by atoms with Crippen LogP contribution >= 0.6 is 23.5 Å². The molecule has 0 amide bonds. The molecule has 156 valence electrons. The van der Waals surface area contributed by atoms with Crippen LogP contribution in [-0.4, -0.2) is 55.9 Å². The van der Waals surface area contributed by atoms with Crippen LogP contribution in [-0.2, 0) is 20.0 Å². The summed E-state index contributed by atoms with van der Waals surface area (Å²) >= 11 is 3.58. The number of hydrogen-bond donors (Lipinski definition) is 1. The van der Waals surface area contributed by atoms with Crippen LogP contribution in [0.1, 0.15) is 11.1 Å². The summed E-state index contributed by atoms with van der Waals surface area (Å²) in [6, 6.07) is 14.6. The van der Waals surface area contributed by atoms with Gasteiger partial charge in [-0.15, -0.1) is 11.8 Å². The van der Waals surface area contributed by atoms with Crippen molar-refractivity contribution in [2.24, 2.45) is 0 Å². The highest BCUT2D eigenvalue weighted by atomic mass is 32.2. The number of imidazole rings is 1. The molecule has 0 atom stereocenters. The van der Waals surface area contributed by atoms with Crippen molar-refractivity contribution in [1.82, 2.24) is 9.97 Å². The van der Waals surface area contributed by atoms with E-state index in [-0.39, 0.29) is 0 Å². The summed E-state index contributed by atoms with van der Waals surface area (Å²) in [6.45, 7) is 5.39. The number of aromatic amines is 1. The van der Waals surface area contributed by atoms with Crippen molar-refractivity contribution in [2.45, 2.75) is 22.7 Å². The van der Waals surface area contributed by atoms with Crippen molar-refractivity contribution in [1.29, 1.82) is 0 Å². The Morgan fingerprint density at radius 1 is 0.897 bits per heavy atom. The van der Waals surface area contributed by atoms with Crippen molar-refractivity contribution < 1.29 is 14.2 Å². The Bertz CT molecular complexity index is 852. The molecule has 0 bridgehead atoms. The van der Waals surface area contributed by atoms with E-state index in [9.17, 15) is 0 Å². The van der Waals surface area contributed by atoms with Crippen LogP contribution in [0.25, 0.3) is 11.0 Å². The van der Waals surface area contributed by atoms with Crippen LogP contribution in [0.5, 0.6) is 0 Å². The molecule has 7 heteroatoms. The average molecular weight is 433 g/mol. The van der Waals surface area contributed by atoms with Crippen LogP contribution < -0.4 is 0 Å². The van der Waals surface area contributed by atoms with Crippen LogP contribution in [0.4, 0.5) is 0 Å². The van der Waals surface area contributed by atoms with E-state index < -0.39 is 0 Å². The van der Waals surface area contributed by atoms with Gasteiger partial charge in [0.25, 0.3) is 0 Å². The summed E-state index contributed by atoms with van der Waals surface area (Å²) in [4.78, 5) is 9.35. The molecule has 2 aromatic carbocycles. The first-order chi connectivity index (χ1) is 14.3. The van der Waals surface area contributed by atoms with E-state index >= 15 is 0 Å². The van der Waals surface area contributed by atoms with Gasteiger partial charge in [0.05, 0.1) is 44.1 Å². The van der Waals surface area contributed by atoms with Gasteiger partial charge in [-0.25, -0.2) is 4.98 Å². The van der Waals surface area contributed by atoms with Gasteiger partial charge in [0, 0.05) is 23.5 Å². The lowest BCUT2D eigenvalue weighted by Crippen LogP contribution is -2.09. The molecule has 29 heavy (non-hydrogen) atoms. The highest BCUT2D eigenvalue weighted by molar-refractivity contribution is 7.99. The number of rotatable bonds is 13. The lowest BCUT2D eigenvalue weighted by molar-refractivity contribution is 0.0286. The van der Waals surface area contributed by atoms with Gasteiger partial charge in [0.2, 0.25) is 0 Å². The number of methoxy groups -OCH3 is 1. The molecule has 0 aliphatic heterocycles. The Labute approximate surface area is 180 Å². The molecule has 0 radical (unpaired) electrons. The number of nitrogens with zero attached hydrogens (tertiary/aromatic N) is 1. The molecule has 1 heterocycles. The highest BCUT2D eigenvalue weighted by Crippen LogP contribution is 2.29. The van der Waals surface area contributed by atoms with E-state index in [2.05, 4.69) is 41.2 Å². The number of H-pyrrole nitrogens is 1. The SMILES string of the molecule is COCCOCCOCCSc1cccc(CSc2nc3ccccc3[nH]2)c1C. The number of benzene rings is 2. The Balaban J connectivity index is 1.42. The third-order valence-corrected chi connectivity index (χ3v) is 6.46. The molecule has 0 spiro atoms. The molecule has 0 unspecified atom stereocenters. The second kappa shape index (κ2) is 12.2. The fourth-order valence-corrected chi connectivity index (χ4v) is 4.68. The zero-order chi connectivity index (χ0) is 20.3. The Hall–Kier alpha value is -1.51. The minimum Gasteiger partial charge on any atom is -0.382 e. The molecule has 0 aliphatic carbocycles. The Morgan fingerprint density at radius 3 is 2.52 bits per heavy atom. The number of ether oxygens (including phenoxy) is 3. The standard InChI is InChI=1S/C22H28N2O3S2/c1-17-18(16-29-22-23-19-7-3-4-8-20(19)24-22)6-5-9-21(17)28-15-14-27-13-12-26-11-10-25-2/h3-9H,10-16H2,1-2H3,(H,23,24). The molecule has 1 aromatic heterocycles. The summed E-state index contributed by atoms with van der Waals surface area (Å²) < 4.78 is 16.0. The number of hydrogen-bond acceptors (Lipinski definition) is 6. The van der Waals surface area contributed by atoms with Gasteiger partial charge in [-0.2, -0.15) is 0 Å². The van der Waals surface area contributed by atoms with Gasteiger partial charge >= 0.3 is 0 Å². The van der Waals surface area contributed by atoms with Crippen molar-refractivity contribution in [3.05, 3.63) is 53.6 Å². The summed E-state index contributed by atoms with van der Waals surface area (Å²) in [7, 11) is 1.67. The van der Waals surface area contributed by atoms with Gasteiger partial charge in [-0.1, -0.05) is 36.0 Å². The smallest absolute Gasteiger partial charge is 0.166 e. The second-order valence-electron chi connectivity index (χ2n) is 6.45. The van der Waals surface area contributed by atoms with E-state index in [1.807, 2.05) is 30.0 Å². The van der Waals surface area contributed by atoms with Crippen LogP contribution in [0.2, 0.25) is 0 Å². The summed E-state index contributed by atoms with van der Waals surface area (Å²) in [5, 5.41) is 0.963. The van der Waals surface area contributed by atoms with Gasteiger partial charge < -0.3 is 19.2 Å². The molecule has 0 aliphatic rings. The highest BCUT2D eigenvalue weighted by Gasteiger charge is 2.08. The molecule has 0 fully saturated rings. The molecule has 3 aromatic rings. The summed E-state index contributed by atoms with van der Waals surface area (Å²) in [6.07, 6.45) is 0. The Kier molecular flexibility index (Phi) is 9.37. The van der Waals surface area contributed by atoms with Gasteiger partial charge in [-0.05, 0) is 36.2 Å². The lowest BCUT2D eigenvalue weighted by Gasteiger charge is -2.11. The van der Waals surface area contributed by atoms with Crippen molar-refractivity contribution >= 4 is 34.6 Å². The van der Waals surface area contributed by atoms with Gasteiger partial charge in [-0.3, -0.25) is 0 Å². The van der Waals surface area contributed by atoms with E-state index in [1.165, 1.54) is 16.0 Å². The van der Waals surface area contributed by atoms with E-state index in [0.29, 0.717) is 26.4 Å². The third kappa shape index (κ3) is 7.04. The molecule has 0 saturated carbocycles. The maximum Gasteiger partial charge on any atom is 0.166 e. The van der Waals surface area contributed by atoms with Crippen LogP contribution in [0.15, 0.2) is 52.5 Å². The first-order valence-electron chi connectivity index (χ1n) is 9.71. The normalized spacial score (nSPS) is 11.4. The van der Waals surface area contributed by atoms with Crippen molar-refractivity contribution in [3.63, 3.8) is 0 Å². The van der Waals surface area contributed by atoms with Crippen molar-refractivity contribution in [2.75, 3.05) is 45.9 Å². The summed E-state index contributed by atoms with van der Waals surface area (Å²) in [5.41, 5.74) is 4.78. The maximum atomic E-state index is 5.64. The zero-order valence-electron chi connectivity index (χ0n) is 17.0. The largest absolute Gasteiger partial charge is 0.382 e. The maximum absolute atomic E-state index is 5.64. The second-order valence-corrected chi connectivity index (χ2v) is 8.55. The zero-order valence-corrected chi connectivity index (χ0v) is 18.6. The fourth-order valence-electron chi connectivity index (χ4n) is 2.79. The average Bonchev–Trinajstić information content (AvgIpc) is 3.16. The first-order valence-corrected chi connectivity index (χ1v) is 11.7. The van der Waals surface area contributed by atoms with E-state index in [4.69, 9.17) is 14.2 Å². The number of thioether (sulfide) groups is 2. The monoisotopic (exact) mass is 432 g/mol. The van der Waals surface area contributed by atoms with Crippen molar-refractivity contribution in [3.8, 4) is 0 Å². The molecule has 1 N–H and O–H groups in total. The number of nitrogens with one attached hydrogen (secondary N) is 1. The number of aromatic nitrogens is 2. The first kappa shape index (κ1) is 22.2. The van der Waals surface area contributed by atoms with Crippen LogP contribution in [0.3, 0.4) is 0 Å². The molecular weight excluding hydrogens is 404 g/mol. The molecular formula is C22H28N2O3S2. The topological polar surface area (TPSA) is 56.4 Å². The minimum atomic E-state index is 0.613.